The molecule has 90 valence electrons. The molecule has 8 nitrogen and oxygen atoms in total. The van der Waals surface area contributed by atoms with E-state index in [1.807, 2.05) is 0 Å². The van der Waals surface area contributed by atoms with E-state index in [4.69, 9.17) is 25.5 Å². The Balaban J connectivity index is 4.79. The van der Waals surface area contributed by atoms with Gasteiger partial charge in [-0.05, 0) is 0 Å². The van der Waals surface area contributed by atoms with E-state index in [0.717, 1.165) is 0 Å². The molecular formula is C7H14O8. The fraction of sp³-hybridized carbons (Fsp3) is 0.857. The molecule has 0 saturated heterocycles. The SMILES string of the molecule is O=C(O)C(O)(CO)[C@@H](O)[C@H](O)[C@H](O)CO. The second kappa shape index (κ2) is 5.35. The molecule has 0 fully saturated rings. The van der Waals surface area contributed by atoms with Crippen molar-refractivity contribution in [2.45, 2.75) is 23.9 Å². The van der Waals surface area contributed by atoms with Gasteiger partial charge in [0.2, 0.25) is 5.60 Å². The summed E-state index contributed by atoms with van der Waals surface area (Å²) >= 11 is 0. The minimum atomic E-state index is -2.99. The fourth-order valence-electron chi connectivity index (χ4n) is 0.889. The lowest BCUT2D eigenvalue weighted by atomic mass is 9.91. The minimum Gasteiger partial charge on any atom is -0.479 e. The minimum absolute atomic E-state index is 0.931. The Labute approximate surface area is 84.7 Å². The third kappa shape index (κ3) is 2.84. The predicted octanol–water partition coefficient (Wildman–Crippen LogP) is -4.13. The zero-order valence-electron chi connectivity index (χ0n) is 7.69. The van der Waals surface area contributed by atoms with E-state index in [1.165, 1.54) is 0 Å². The molecule has 0 aliphatic carbocycles. The van der Waals surface area contributed by atoms with Gasteiger partial charge < -0.3 is 35.7 Å². The molecule has 0 spiro atoms. The summed E-state index contributed by atoms with van der Waals surface area (Å²) in [5.41, 5.74) is -2.99. The van der Waals surface area contributed by atoms with Crippen molar-refractivity contribution in [3.63, 3.8) is 0 Å². The molecule has 0 rings (SSSR count). The summed E-state index contributed by atoms with van der Waals surface area (Å²) < 4.78 is 0. The van der Waals surface area contributed by atoms with Crippen molar-refractivity contribution in [1.29, 1.82) is 0 Å². The maximum absolute atomic E-state index is 10.5. The monoisotopic (exact) mass is 226 g/mol. The molecule has 0 aromatic rings. The van der Waals surface area contributed by atoms with E-state index in [0.29, 0.717) is 0 Å². The van der Waals surface area contributed by atoms with Gasteiger partial charge in [-0.15, -0.1) is 0 Å². The highest BCUT2D eigenvalue weighted by Gasteiger charge is 2.48. The average Bonchev–Trinajstić information content (AvgIpc) is 2.24. The molecule has 0 aliphatic heterocycles. The summed E-state index contributed by atoms with van der Waals surface area (Å²) in [6, 6.07) is 0. The lowest BCUT2D eigenvalue weighted by Crippen LogP contribution is -2.60. The van der Waals surface area contributed by atoms with Gasteiger partial charge in [-0.2, -0.15) is 0 Å². The van der Waals surface area contributed by atoms with E-state index in [1.54, 1.807) is 0 Å². The Morgan fingerprint density at radius 2 is 1.67 bits per heavy atom. The molecule has 15 heavy (non-hydrogen) atoms. The molecule has 8 heteroatoms. The summed E-state index contributed by atoms with van der Waals surface area (Å²) in [4.78, 5) is 10.5. The molecular weight excluding hydrogens is 212 g/mol. The first kappa shape index (κ1) is 14.2. The number of hydrogen-bond donors (Lipinski definition) is 7. The van der Waals surface area contributed by atoms with Crippen LogP contribution < -0.4 is 0 Å². The highest BCUT2D eigenvalue weighted by molar-refractivity contribution is 5.78. The third-order valence-electron chi connectivity index (χ3n) is 2.01. The first-order valence-electron chi connectivity index (χ1n) is 4.03. The van der Waals surface area contributed by atoms with Gasteiger partial charge in [0.25, 0.3) is 0 Å². The van der Waals surface area contributed by atoms with Crippen LogP contribution >= 0.6 is 0 Å². The van der Waals surface area contributed by atoms with E-state index in [9.17, 15) is 15.0 Å². The van der Waals surface area contributed by atoms with Crippen LogP contribution in [0.3, 0.4) is 0 Å². The highest BCUT2D eigenvalue weighted by Crippen LogP contribution is 2.16. The standard InChI is InChI=1S/C7H14O8/c8-1-3(10)4(11)5(12)7(15,2-9)6(13)14/h3-5,8-12,15H,1-2H2,(H,13,14)/t3-,4-,5+,7?/m1/s1. The molecule has 0 amide bonds. The molecule has 0 radical (unpaired) electrons. The maximum Gasteiger partial charge on any atom is 0.341 e. The maximum atomic E-state index is 10.5. The topological polar surface area (TPSA) is 159 Å². The number of carboxylic acids is 1. The van der Waals surface area contributed by atoms with Crippen LogP contribution in [0.2, 0.25) is 0 Å². The van der Waals surface area contributed by atoms with Crippen LogP contribution in [0.4, 0.5) is 0 Å². The third-order valence-corrected chi connectivity index (χ3v) is 2.01. The summed E-state index contributed by atoms with van der Waals surface area (Å²) in [6.45, 7) is -2.28. The number of carboxylic acid groups (broad SMARTS) is 1. The Morgan fingerprint density at radius 1 is 1.20 bits per heavy atom. The van der Waals surface area contributed by atoms with E-state index >= 15 is 0 Å². The largest absolute Gasteiger partial charge is 0.479 e. The molecule has 0 saturated carbocycles. The summed E-state index contributed by atoms with van der Waals surface area (Å²) in [5.74, 6) is -1.96. The van der Waals surface area contributed by atoms with Crippen LogP contribution in [0.5, 0.6) is 0 Å². The second-order valence-corrected chi connectivity index (χ2v) is 3.07. The number of aliphatic hydroxyl groups is 6. The molecule has 0 aromatic heterocycles. The quantitative estimate of drug-likeness (QED) is 0.240. The Bertz CT molecular complexity index is 219. The first-order chi connectivity index (χ1) is 6.81. The molecule has 0 heterocycles. The smallest absolute Gasteiger partial charge is 0.341 e. The van der Waals surface area contributed by atoms with Crippen molar-refractivity contribution in [2.24, 2.45) is 0 Å². The highest BCUT2D eigenvalue weighted by atomic mass is 16.4. The number of aliphatic carboxylic acids is 1. The van der Waals surface area contributed by atoms with Crippen LogP contribution in [0.15, 0.2) is 0 Å². The van der Waals surface area contributed by atoms with Gasteiger partial charge in [0.15, 0.2) is 0 Å². The van der Waals surface area contributed by atoms with Crippen molar-refractivity contribution in [1.82, 2.24) is 0 Å². The van der Waals surface area contributed by atoms with Gasteiger partial charge >= 0.3 is 5.97 Å². The molecule has 7 N–H and O–H groups in total. The molecule has 0 aliphatic rings. The van der Waals surface area contributed by atoms with Gasteiger partial charge in [-0.3, -0.25) is 0 Å². The lowest BCUT2D eigenvalue weighted by Gasteiger charge is -2.31. The lowest BCUT2D eigenvalue weighted by molar-refractivity contribution is -0.198. The van der Waals surface area contributed by atoms with Gasteiger partial charge in [-0.25, -0.2) is 4.79 Å². The molecule has 1 unspecified atom stereocenters. The zero-order valence-corrected chi connectivity index (χ0v) is 7.69. The van der Waals surface area contributed by atoms with Gasteiger partial charge in [0.1, 0.15) is 18.3 Å². The van der Waals surface area contributed by atoms with Crippen LogP contribution in [-0.4, -0.2) is 78.8 Å². The summed E-state index contributed by atoms with van der Waals surface area (Å²) in [5, 5.41) is 61.9. The molecule has 0 aromatic carbocycles. The van der Waals surface area contributed by atoms with Crippen LogP contribution in [0.1, 0.15) is 0 Å². The fourth-order valence-corrected chi connectivity index (χ4v) is 0.889. The predicted molar refractivity (Wildman–Crippen MR) is 44.8 cm³/mol. The number of carbonyl (C=O) groups is 1. The number of rotatable bonds is 6. The molecule has 4 atom stereocenters. The Morgan fingerprint density at radius 3 is 1.93 bits per heavy atom. The van der Waals surface area contributed by atoms with Gasteiger partial charge in [0, 0.05) is 0 Å². The van der Waals surface area contributed by atoms with E-state index < -0.39 is 43.1 Å². The average molecular weight is 226 g/mol. The van der Waals surface area contributed by atoms with Crippen LogP contribution in [0, 0.1) is 0 Å². The Hall–Kier alpha value is -0.770. The second-order valence-electron chi connectivity index (χ2n) is 3.07. The van der Waals surface area contributed by atoms with E-state index in [-0.39, 0.29) is 0 Å². The number of hydrogen-bond acceptors (Lipinski definition) is 7. The van der Waals surface area contributed by atoms with Crippen molar-refractivity contribution in [2.75, 3.05) is 13.2 Å². The normalized spacial score (nSPS) is 21.5. The van der Waals surface area contributed by atoms with Crippen LogP contribution in [0.25, 0.3) is 0 Å². The van der Waals surface area contributed by atoms with Gasteiger partial charge in [0.05, 0.1) is 13.2 Å². The van der Waals surface area contributed by atoms with Crippen molar-refractivity contribution in [3.8, 4) is 0 Å². The van der Waals surface area contributed by atoms with Crippen molar-refractivity contribution >= 4 is 5.97 Å². The number of aliphatic hydroxyl groups excluding tert-OH is 5. The zero-order chi connectivity index (χ0) is 12.2. The van der Waals surface area contributed by atoms with E-state index in [2.05, 4.69) is 0 Å². The first-order valence-corrected chi connectivity index (χ1v) is 4.03. The van der Waals surface area contributed by atoms with Crippen molar-refractivity contribution in [3.05, 3.63) is 0 Å². The Kier molecular flexibility index (Phi) is 5.08. The van der Waals surface area contributed by atoms with Crippen LogP contribution in [-0.2, 0) is 4.79 Å². The van der Waals surface area contributed by atoms with Gasteiger partial charge in [-0.1, -0.05) is 0 Å². The van der Waals surface area contributed by atoms with Crippen molar-refractivity contribution < 1.29 is 40.5 Å². The summed E-state index contributed by atoms with van der Waals surface area (Å²) in [6.07, 6.45) is -6.25. The summed E-state index contributed by atoms with van der Waals surface area (Å²) in [7, 11) is 0. The molecule has 0 bridgehead atoms.